The predicted octanol–water partition coefficient (Wildman–Crippen LogP) is 4.42. The van der Waals surface area contributed by atoms with Crippen molar-refractivity contribution in [3.05, 3.63) is 72.3 Å². The van der Waals surface area contributed by atoms with Crippen molar-refractivity contribution in [1.82, 2.24) is 4.72 Å². The van der Waals surface area contributed by atoms with Gasteiger partial charge in [0.2, 0.25) is 10.0 Å². The van der Waals surface area contributed by atoms with Crippen molar-refractivity contribution >= 4 is 20.8 Å². The van der Waals surface area contributed by atoms with Gasteiger partial charge in [0.1, 0.15) is 11.4 Å². The van der Waals surface area contributed by atoms with Crippen LogP contribution in [0.15, 0.2) is 71.6 Å². The Kier molecular flexibility index (Phi) is 4.01. The molecule has 0 spiro atoms. The van der Waals surface area contributed by atoms with Gasteiger partial charge in [0.25, 0.3) is 0 Å². The highest BCUT2D eigenvalue weighted by Crippen LogP contribution is 2.40. The van der Waals surface area contributed by atoms with Crippen LogP contribution in [0, 0.1) is 0 Å². The summed E-state index contributed by atoms with van der Waals surface area (Å²) in [5.41, 5.74) is 0.432. The van der Waals surface area contributed by atoms with E-state index in [-0.39, 0.29) is 10.9 Å². The number of nitrogens with one attached hydrogen (secondary N) is 1. The fourth-order valence-corrected chi connectivity index (χ4v) is 4.75. The topological polar surface area (TPSA) is 55.4 Å². The van der Waals surface area contributed by atoms with Crippen molar-refractivity contribution in [2.75, 3.05) is 0 Å². The summed E-state index contributed by atoms with van der Waals surface area (Å²) >= 11 is 0. The van der Waals surface area contributed by atoms with E-state index in [1.807, 2.05) is 68.4 Å². The summed E-state index contributed by atoms with van der Waals surface area (Å²) in [7, 11) is -3.65. The number of hydrogen-bond donors (Lipinski definition) is 1. The average Bonchev–Trinajstić information content (AvgIpc) is 2.60. The fourth-order valence-electron chi connectivity index (χ4n) is 3.50. The smallest absolute Gasteiger partial charge is 0.241 e. The number of rotatable bonds is 3. The largest absolute Gasteiger partial charge is 0.487 e. The standard InChI is InChI=1S/C21H21NO3S/c1-21(2)14-19(18-9-5-6-10-20(18)25-21)22-26(23,24)17-12-11-15-7-3-4-8-16(15)13-17/h3-13,19,22H,14H2,1-2H3. The lowest BCUT2D eigenvalue weighted by Crippen LogP contribution is -2.41. The van der Waals surface area contributed by atoms with Crippen molar-refractivity contribution in [3.8, 4) is 5.75 Å². The van der Waals surface area contributed by atoms with Crippen LogP contribution in [-0.2, 0) is 10.0 Å². The third-order valence-corrected chi connectivity index (χ3v) is 6.17. The van der Waals surface area contributed by atoms with Crippen LogP contribution >= 0.6 is 0 Å². The van der Waals surface area contributed by atoms with Gasteiger partial charge in [0, 0.05) is 12.0 Å². The Bertz CT molecular complexity index is 1070. The molecular formula is C21H21NO3S. The zero-order valence-electron chi connectivity index (χ0n) is 14.8. The molecule has 0 amide bonds. The predicted molar refractivity (Wildman–Crippen MR) is 103 cm³/mol. The molecule has 1 heterocycles. The van der Waals surface area contributed by atoms with Crippen LogP contribution in [0.25, 0.3) is 10.8 Å². The Morgan fingerprint density at radius 3 is 2.46 bits per heavy atom. The van der Waals surface area contributed by atoms with Crippen molar-refractivity contribution in [2.45, 2.75) is 36.8 Å². The van der Waals surface area contributed by atoms with Gasteiger partial charge in [-0.05, 0) is 42.8 Å². The monoisotopic (exact) mass is 367 g/mol. The second kappa shape index (κ2) is 6.11. The molecule has 26 heavy (non-hydrogen) atoms. The second-order valence-electron chi connectivity index (χ2n) is 7.29. The van der Waals surface area contributed by atoms with Gasteiger partial charge in [-0.15, -0.1) is 0 Å². The van der Waals surface area contributed by atoms with Gasteiger partial charge >= 0.3 is 0 Å². The molecule has 4 rings (SSSR count). The van der Waals surface area contributed by atoms with E-state index >= 15 is 0 Å². The number of hydrogen-bond acceptors (Lipinski definition) is 3. The van der Waals surface area contributed by atoms with Crippen molar-refractivity contribution in [1.29, 1.82) is 0 Å². The van der Waals surface area contributed by atoms with Gasteiger partial charge < -0.3 is 4.74 Å². The lowest BCUT2D eigenvalue weighted by Gasteiger charge is -2.37. The minimum Gasteiger partial charge on any atom is -0.487 e. The van der Waals surface area contributed by atoms with Gasteiger partial charge in [-0.3, -0.25) is 0 Å². The first-order valence-corrected chi connectivity index (χ1v) is 10.1. The van der Waals surface area contributed by atoms with Crippen molar-refractivity contribution in [2.24, 2.45) is 0 Å². The lowest BCUT2D eigenvalue weighted by molar-refractivity contribution is 0.0702. The molecule has 0 aliphatic carbocycles. The summed E-state index contributed by atoms with van der Waals surface area (Å²) in [5, 5.41) is 1.92. The highest BCUT2D eigenvalue weighted by molar-refractivity contribution is 7.89. The van der Waals surface area contributed by atoms with E-state index in [0.717, 1.165) is 22.1 Å². The first-order chi connectivity index (χ1) is 12.3. The fraction of sp³-hybridized carbons (Fsp3) is 0.238. The zero-order chi connectivity index (χ0) is 18.4. The van der Waals surface area contributed by atoms with Gasteiger partial charge in [-0.25, -0.2) is 13.1 Å². The zero-order valence-corrected chi connectivity index (χ0v) is 15.6. The second-order valence-corrected chi connectivity index (χ2v) is 9.00. The van der Waals surface area contributed by atoms with E-state index < -0.39 is 15.6 Å². The van der Waals surface area contributed by atoms with Crippen molar-refractivity contribution in [3.63, 3.8) is 0 Å². The normalized spacial score (nSPS) is 18.9. The molecule has 4 nitrogen and oxygen atoms in total. The van der Waals surface area contributed by atoms with E-state index in [2.05, 4.69) is 4.72 Å². The Labute approximate surface area is 153 Å². The number of para-hydroxylation sites is 1. The van der Waals surface area contributed by atoms with Crippen LogP contribution in [0.5, 0.6) is 5.75 Å². The SMILES string of the molecule is CC1(C)CC(NS(=O)(=O)c2ccc3ccccc3c2)c2ccccc2O1. The Morgan fingerprint density at radius 1 is 0.962 bits per heavy atom. The highest BCUT2D eigenvalue weighted by atomic mass is 32.2. The minimum atomic E-state index is -3.65. The summed E-state index contributed by atoms with van der Waals surface area (Å²) < 4.78 is 34.9. The average molecular weight is 367 g/mol. The molecule has 0 saturated heterocycles. The van der Waals surface area contributed by atoms with E-state index in [1.54, 1.807) is 12.1 Å². The summed E-state index contributed by atoms with van der Waals surface area (Å²) in [5.74, 6) is 0.731. The molecule has 3 aromatic rings. The quantitative estimate of drug-likeness (QED) is 0.745. The summed E-state index contributed by atoms with van der Waals surface area (Å²) in [4.78, 5) is 0.276. The molecule has 0 radical (unpaired) electrons. The molecular weight excluding hydrogens is 346 g/mol. The van der Waals surface area contributed by atoms with Crippen LogP contribution in [0.2, 0.25) is 0 Å². The third-order valence-electron chi connectivity index (χ3n) is 4.71. The van der Waals surface area contributed by atoms with Gasteiger partial charge in [0.15, 0.2) is 0 Å². The Morgan fingerprint density at radius 2 is 1.65 bits per heavy atom. The highest BCUT2D eigenvalue weighted by Gasteiger charge is 2.35. The van der Waals surface area contributed by atoms with E-state index in [9.17, 15) is 8.42 Å². The molecule has 5 heteroatoms. The number of benzene rings is 3. The third kappa shape index (κ3) is 3.20. The molecule has 0 bridgehead atoms. The van der Waals surface area contributed by atoms with Crippen LogP contribution < -0.4 is 9.46 Å². The van der Waals surface area contributed by atoms with Gasteiger partial charge in [-0.1, -0.05) is 48.5 Å². The summed E-state index contributed by atoms with van der Waals surface area (Å²) in [6, 6.07) is 20.2. The van der Waals surface area contributed by atoms with E-state index in [0.29, 0.717) is 6.42 Å². The molecule has 1 N–H and O–H groups in total. The summed E-state index contributed by atoms with van der Waals surface area (Å²) in [6.45, 7) is 3.94. The van der Waals surface area contributed by atoms with Crippen LogP contribution in [0.1, 0.15) is 31.9 Å². The van der Waals surface area contributed by atoms with Gasteiger partial charge in [0.05, 0.1) is 10.9 Å². The lowest BCUT2D eigenvalue weighted by atomic mass is 9.90. The molecule has 1 aliphatic heterocycles. The molecule has 0 saturated carbocycles. The maximum absolute atomic E-state index is 13.0. The molecule has 3 aromatic carbocycles. The first-order valence-electron chi connectivity index (χ1n) is 8.63. The number of ether oxygens (including phenoxy) is 1. The maximum atomic E-state index is 13.0. The molecule has 134 valence electrons. The number of sulfonamides is 1. The van der Waals surface area contributed by atoms with E-state index in [4.69, 9.17) is 4.74 Å². The molecule has 0 fully saturated rings. The summed E-state index contributed by atoms with van der Waals surface area (Å²) in [6.07, 6.45) is 0.566. The molecule has 0 aromatic heterocycles. The minimum absolute atomic E-state index is 0.276. The first kappa shape index (κ1) is 17.1. The van der Waals surface area contributed by atoms with Gasteiger partial charge in [-0.2, -0.15) is 0 Å². The molecule has 1 atom stereocenters. The van der Waals surface area contributed by atoms with Crippen LogP contribution in [0.3, 0.4) is 0 Å². The molecule has 1 aliphatic rings. The van der Waals surface area contributed by atoms with Crippen LogP contribution in [-0.4, -0.2) is 14.0 Å². The van der Waals surface area contributed by atoms with Crippen LogP contribution in [0.4, 0.5) is 0 Å². The Hall–Kier alpha value is -2.37. The maximum Gasteiger partial charge on any atom is 0.241 e. The molecule has 1 unspecified atom stereocenters. The van der Waals surface area contributed by atoms with Crippen molar-refractivity contribution < 1.29 is 13.2 Å². The number of fused-ring (bicyclic) bond motifs is 2. The van der Waals surface area contributed by atoms with E-state index in [1.165, 1.54) is 0 Å². The Balaban J connectivity index is 1.71.